The van der Waals surface area contributed by atoms with Crippen LogP contribution in [-0.4, -0.2) is 36.1 Å². The molecule has 1 aliphatic rings. The van der Waals surface area contributed by atoms with Gasteiger partial charge in [-0.05, 0) is 33.6 Å². The normalized spacial score (nSPS) is 18.8. The summed E-state index contributed by atoms with van der Waals surface area (Å²) in [5.74, 6) is -0.0966. The minimum Gasteiger partial charge on any atom is -0.381 e. The molecular formula is C14H22N2O2. The molecule has 0 radical (unpaired) electrons. The third kappa shape index (κ3) is 2.91. The second-order valence-corrected chi connectivity index (χ2v) is 5.68. The van der Waals surface area contributed by atoms with Crippen molar-refractivity contribution in [2.75, 3.05) is 19.8 Å². The number of amides is 1. The third-order valence-corrected chi connectivity index (χ3v) is 3.34. The Morgan fingerprint density at radius 3 is 2.44 bits per heavy atom. The van der Waals surface area contributed by atoms with E-state index in [9.17, 15) is 10.1 Å². The minimum absolute atomic E-state index is 0.0966. The second-order valence-electron chi connectivity index (χ2n) is 5.68. The number of ether oxygens (including phenoxy) is 1. The molecule has 0 aromatic rings. The zero-order chi connectivity index (χ0) is 13.8. The first-order valence-electron chi connectivity index (χ1n) is 6.29. The van der Waals surface area contributed by atoms with E-state index in [1.165, 1.54) is 0 Å². The molecule has 1 heterocycles. The van der Waals surface area contributed by atoms with Gasteiger partial charge in [-0.15, -0.1) is 6.58 Å². The molecule has 4 nitrogen and oxygen atoms in total. The van der Waals surface area contributed by atoms with Crippen molar-refractivity contribution in [2.24, 2.45) is 5.41 Å². The molecule has 1 amide bonds. The Kier molecular flexibility index (Phi) is 4.53. The number of hydrogen-bond donors (Lipinski definition) is 0. The molecule has 1 rings (SSSR count). The van der Waals surface area contributed by atoms with Crippen LogP contribution < -0.4 is 0 Å². The molecule has 100 valence electrons. The molecule has 0 N–H and O–H groups in total. The van der Waals surface area contributed by atoms with E-state index in [0.29, 0.717) is 32.6 Å². The van der Waals surface area contributed by atoms with Gasteiger partial charge in [-0.2, -0.15) is 5.26 Å². The van der Waals surface area contributed by atoms with Crippen LogP contribution in [0.25, 0.3) is 0 Å². The first-order chi connectivity index (χ1) is 8.37. The van der Waals surface area contributed by atoms with Gasteiger partial charge >= 0.3 is 0 Å². The summed E-state index contributed by atoms with van der Waals surface area (Å²) < 4.78 is 5.26. The Balaban J connectivity index is 3.00. The van der Waals surface area contributed by atoms with Crippen LogP contribution in [0, 0.1) is 16.7 Å². The van der Waals surface area contributed by atoms with E-state index >= 15 is 0 Å². The highest BCUT2D eigenvalue weighted by atomic mass is 16.5. The molecule has 0 spiro atoms. The van der Waals surface area contributed by atoms with E-state index in [-0.39, 0.29) is 11.4 Å². The van der Waals surface area contributed by atoms with Crippen molar-refractivity contribution in [2.45, 2.75) is 39.2 Å². The maximum absolute atomic E-state index is 12.7. The van der Waals surface area contributed by atoms with E-state index in [1.54, 1.807) is 11.0 Å². The summed E-state index contributed by atoms with van der Waals surface area (Å²) in [5, 5.41) is 9.42. The monoisotopic (exact) mass is 250 g/mol. The van der Waals surface area contributed by atoms with Crippen molar-refractivity contribution in [1.82, 2.24) is 4.90 Å². The molecular weight excluding hydrogens is 228 g/mol. The summed E-state index contributed by atoms with van der Waals surface area (Å²) in [7, 11) is 0. The van der Waals surface area contributed by atoms with Crippen LogP contribution in [0.4, 0.5) is 0 Å². The highest BCUT2D eigenvalue weighted by molar-refractivity contribution is 5.86. The Hall–Kier alpha value is -1.34. The number of nitriles is 1. The lowest BCUT2D eigenvalue weighted by Crippen LogP contribution is -2.53. The predicted octanol–water partition coefficient (Wildman–Crippen LogP) is 2.12. The van der Waals surface area contributed by atoms with Crippen LogP contribution in [0.5, 0.6) is 0 Å². The number of rotatable bonds is 3. The third-order valence-electron chi connectivity index (χ3n) is 3.34. The maximum Gasteiger partial charge on any atom is 0.243 e. The average molecular weight is 250 g/mol. The summed E-state index contributed by atoms with van der Waals surface area (Å²) in [6, 6.07) is 2.22. The van der Waals surface area contributed by atoms with Gasteiger partial charge in [0.2, 0.25) is 5.91 Å². The lowest BCUT2D eigenvalue weighted by atomic mass is 9.79. The van der Waals surface area contributed by atoms with Crippen LogP contribution in [0.2, 0.25) is 0 Å². The number of hydrogen-bond acceptors (Lipinski definition) is 3. The van der Waals surface area contributed by atoms with Crippen molar-refractivity contribution >= 4 is 5.91 Å². The zero-order valence-electron chi connectivity index (χ0n) is 11.5. The molecule has 0 atom stereocenters. The standard InChI is InChI=1S/C14H22N2O2/c1-5-8-16(13(2,3)4)12(17)14(11-15)6-9-18-10-7-14/h5H,1,6-10H2,2-4H3. The van der Waals surface area contributed by atoms with Gasteiger partial charge in [-0.3, -0.25) is 4.79 Å². The zero-order valence-corrected chi connectivity index (χ0v) is 11.5. The van der Waals surface area contributed by atoms with Gasteiger partial charge in [0.05, 0.1) is 6.07 Å². The molecule has 0 aromatic heterocycles. The smallest absolute Gasteiger partial charge is 0.243 e. The van der Waals surface area contributed by atoms with Crippen LogP contribution in [0.15, 0.2) is 12.7 Å². The van der Waals surface area contributed by atoms with Gasteiger partial charge in [0.15, 0.2) is 0 Å². The quantitative estimate of drug-likeness (QED) is 0.721. The molecule has 4 heteroatoms. The summed E-state index contributed by atoms with van der Waals surface area (Å²) in [6.07, 6.45) is 2.66. The highest BCUT2D eigenvalue weighted by Gasteiger charge is 2.45. The van der Waals surface area contributed by atoms with Crippen molar-refractivity contribution in [3.05, 3.63) is 12.7 Å². The van der Waals surface area contributed by atoms with Crippen LogP contribution in [0.3, 0.4) is 0 Å². The van der Waals surface area contributed by atoms with E-state index < -0.39 is 5.41 Å². The number of carbonyl (C=O) groups is 1. The van der Waals surface area contributed by atoms with Crippen molar-refractivity contribution in [1.29, 1.82) is 5.26 Å². The fraction of sp³-hybridized carbons (Fsp3) is 0.714. The average Bonchev–Trinajstić information content (AvgIpc) is 2.34. The Morgan fingerprint density at radius 2 is 2.06 bits per heavy atom. The first-order valence-corrected chi connectivity index (χ1v) is 6.29. The van der Waals surface area contributed by atoms with E-state index in [0.717, 1.165) is 0 Å². The van der Waals surface area contributed by atoms with Gasteiger partial charge in [0.25, 0.3) is 0 Å². The van der Waals surface area contributed by atoms with Gasteiger partial charge in [0.1, 0.15) is 5.41 Å². The molecule has 0 aliphatic carbocycles. The lowest BCUT2D eigenvalue weighted by Gasteiger charge is -2.41. The van der Waals surface area contributed by atoms with Gasteiger partial charge in [-0.25, -0.2) is 0 Å². The summed E-state index contributed by atoms with van der Waals surface area (Å²) >= 11 is 0. The topological polar surface area (TPSA) is 53.3 Å². The SMILES string of the molecule is C=CCN(C(=O)C1(C#N)CCOCC1)C(C)(C)C. The summed E-state index contributed by atoms with van der Waals surface area (Å²) in [4.78, 5) is 14.4. The Bertz CT molecular complexity index is 357. The predicted molar refractivity (Wildman–Crippen MR) is 69.8 cm³/mol. The molecule has 0 aromatic carbocycles. The lowest BCUT2D eigenvalue weighted by molar-refractivity contribution is -0.147. The summed E-state index contributed by atoms with van der Waals surface area (Å²) in [6.45, 7) is 11.0. The molecule has 1 saturated heterocycles. The van der Waals surface area contributed by atoms with Crippen molar-refractivity contribution in [3.63, 3.8) is 0 Å². The fourth-order valence-electron chi connectivity index (χ4n) is 2.14. The first kappa shape index (κ1) is 14.7. The maximum atomic E-state index is 12.7. The highest BCUT2D eigenvalue weighted by Crippen LogP contribution is 2.34. The van der Waals surface area contributed by atoms with Gasteiger partial charge < -0.3 is 9.64 Å². The van der Waals surface area contributed by atoms with Crippen LogP contribution >= 0.6 is 0 Å². The number of carbonyl (C=O) groups excluding carboxylic acids is 1. The van der Waals surface area contributed by atoms with Crippen LogP contribution in [0.1, 0.15) is 33.6 Å². The molecule has 1 fully saturated rings. The Morgan fingerprint density at radius 1 is 1.50 bits per heavy atom. The molecule has 0 bridgehead atoms. The largest absolute Gasteiger partial charge is 0.381 e. The number of nitrogens with zero attached hydrogens (tertiary/aromatic N) is 2. The molecule has 0 unspecified atom stereocenters. The van der Waals surface area contributed by atoms with E-state index in [1.807, 2.05) is 20.8 Å². The minimum atomic E-state index is -0.922. The van der Waals surface area contributed by atoms with Gasteiger partial charge in [-0.1, -0.05) is 6.08 Å². The van der Waals surface area contributed by atoms with Crippen LogP contribution in [-0.2, 0) is 9.53 Å². The van der Waals surface area contributed by atoms with Crippen molar-refractivity contribution < 1.29 is 9.53 Å². The van der Waals surface area contributed by atoms with Gasteiger partial charge in [0, 0.05) is 25.3 Å². The molecule has 0 saturated carbocycles. The fourth-order valence-corrected chi connectivity index (χ4v) is 2.14. The summed E-state index contributed by atoms with van der Waals surface area (Å²) in [5.41, 5.74) is -1.23. The Labute approximate surface area is 109 Å². The van der Waals surface area contributed by atoms with E-state index in [2.05, 4.69) is 12.6 Å². The molecule has 18 heavy (non-hydrogen) atoms. The van der Waals surface area contributed by atoms with Crippen molar-refractivity contribution in [3.8, 4) is 6.07 Å². The molecule has 1 aliphatic heterocycles. The second kappa shape index (κ2) is 5.53. The van der Waals surface area contributed by atoms with E-state index in [4.69, 9.17) is 4.74 Å².